The second-order valence-electron chi connectivity index (χ2n) is 6.97. The highest BCUT2D eigenvalue weighted by molar-refractivity contribution is 5.67. The van der Waals surface area contributed by atoms with Gasteiger partial charge in [-0.25, -0.2) is 4.79 Å². The molecule has 4 nitrogen and oxygen atoms in total. The van der Waals surface area contributed by atoms with Gasteiger partial charge in [-0.3, -0.25) is 0 Å². The Hall–Kier alpha value is -1.03. The second kappa shape index (κ2) is 14.3. The van der Waals surface area contributed by atoms with Crippen molar-refractivity contribution in [2.45, 2.75) is 96.7 Å². The molecule has 140 valence electrons. The van der Waals surface area contributed by atoms with Crippen LogP contribution in [0.4, 0.5) is 4.79 Å². The van der Waals surface area contributed by atoms with Gasteiger partial charge in [-0.05, 0) is 58.8 Å². The van der Waals surface area contributed by atoms with Crippen LogP contribution in [0.3, 0.4) is 0 Å². The molecule has 0 radical (unpaired) electrons. The number of carbonyl (C=O) groups excluding carboxylic acids is 1. The monoisotopic (exact) mass is 339 g/mol. The van der Waals surface area contributed by atoms with Crippen LogP contribution < -0.4 is 5.32 Å². The largest absolute Gasteiger partial charge is 0.446 e. The number of nitrogens with one attached hydrogen (secondary N) is 1. The lowest BCUT2D eigenvalue weighted by atomic mass is 10.0. The number of hydrogen-bond donors (Lipinski definition) is 1. The van der Waals surface area contributed by atoms with Crippen molar-refractivity contribution in [1.29, 1.82) is 0 Å². The fourth-order valence-corrected chi connectivity index (χ4v) is 2.88. The van der Waals surface area contributed by atoms with E-state index in [2.05, 4.69) is 31.3 Å². The van der Waals surface area contributed by atoms with Crippen LogP contribution in [0.25, 0.3) is 0 Å². The summed E-state index contributed by atoms with van der Waals surface area (Å²) >= 11 is 0. The van der Waals surface area contributed by atoms with Crippen LogP contribution in [0, 0.1) is 0 Å². The van der Waals surface area contributed by atoms with E-state index in [1.54, 1.807) is 0 Å². The minimum absolute atomic E-state index is 0.0861. The SMILES string of the molecule is CC(C)OCCCCCCCCNC(=O)OC1CC/C=C/CCC1. The maximum atomic E-state index is 11.8. The summed E-state index contributed by atoms with van der Waals surface area (Å²) < 4.78 is 11.0. The molecule has 0 aromatic heterocycles. The molecule has 1 atom stereocenters. The zero-order valence-electron chi connectivity index (χ0n) is 15.7. The number of hydrogen-bond acceptors (Lipinski definition) is 3. The van der Waals surface area contributed by atoms with E-state index in [4.69, 9.17) is 9.47 Å². The Bertz CT molecular complexity index is 342. The van der Waals surface area contributed by atoms with Gasteiger partial charge in [0.15, 0.2) is 0 Å². The van der Waals surface area contributed by atoms with E-state index in [0.717, 1.165) is 58.1 Å². The first-order chi connectivity index (χ1) is 11.7. The predicted octanol–water partition coefficient (Wildman–Crippen LogP) is 5.37. The molecule has 0 saturated heterocycles. The smallest absolute Gasteiger partial charge is 0.407 e. The Morgan fingerprint density at radius 1 is 1.04 bits per heavy atom. The van der Waals surface area contributed by atoms with E-state index in [-0.39, 0.29) is 12.2 Å². The lowest BCUT2D eigenvalue weighted by molar-refractivity contribution is 0.0756. The number of alkyl carbamates (subject to hydrolysis) is 1. The van der Waals surface area contributed by atoms with Crippen LogP contribution in [0.5, 0.6) is 0 Å². The van der Waals surface area contributed by atoms with Gasteiger partial charge in [-0.15, -0.1) is 0 Å². The Morgan fingerprint density at radius 2 is 1.75 bits per heavy atom. The molecule has 24 heavy (non-hydrogen) atoms. The van der Waals surface area contributed by atoms with Gasteiger partial charge in [-0.1, -0.05) is 37.8 Å². The quantitative estimate of drug-likeness (QED) is 0.407. The predicted molar refractivity (Wildman–Crippen MR) is 99.3 cm³/mol. The van der Waals surface area contributed by atoms with Gasteiger partial charge < -0.3 is 14.8 Å². The molecule has 0 fully saturated rings. The van der Waals surface area contributed by atoms with Crippen molar-refractivity contribution in [3.05, 3.63) is 12.2 Å². The van der Waals surface area contributed by atoms with Crippen LogP contribution in [-0.4, -0.2) is 31.5 Å². The van der Waals surface area contributed by atoms with Gasteiger partial charge in [0, 0.05) is 13.2 Å². The van der Waals surface area contributed by atoms with Crippen LogP contribution in [-0.2, 0) is 9.47 Å². The van der Waals surface area contributed by atoms with Crippen LogP contribution in [0.15, 0.2) is 12.2 Å². The van der Waals surface area contributed by atoms with Gasteiger partial charge in [0.1, 0.15) is 6.10 Å². The fraction of sp³-hybridized carbons (Fsp3) is 0.850. The summed E-state index contributed by atoms with van der Waals surface area (Å²) in [5.41, 5.74) is 0. The van der Waals surface area contributed by atoms with E-state index < -0.39 is 0 Å². The molecule has 0 aromatic rings. The third-order valence-corrected chi connectivity index (χ3v) is 4.28. The van der Waals surface area contributed by atoms with Gasteiger partial charge in [0.05, 0.1) is 6.10 Å². The standard InChI is InChI=1S/C20H37NO3/c1-18(2)23-17-13-9-4-3-8-12-16-21-20(22)24-19-14-10-6-5-7-11-15-19/h5-6,18-19H,3-4,7-17H2,1-2H3,(H,21,22)/b6-5+. The van der Waals surface area contributed by atoms with E-state index in [1.165, 1.54) is 25.7 Å². The Morgan fingerprint density at radius 3 is 2.54 bits per heavy atom. The first-order valence-electron chi connectivity index (χ1n) is 9.89. The van der Waals surface area contributed by atoms with Gasteiger partial charge in [0.25, 0.3) is 0 Å². The number of unbranched alkanes of at least 4 members (excludes halogenated alkanes) is 5. The van der Waals surface area contributed by atoms with Crippen LogP contribution in [0.1, 0.15) is 84.5 Å². The molecule has 0 aliphatic heterocycles. The average molecular weight is 340 g/mol. The van der Waals surface area contributed by atoms with E-state index in [0.29, 0.717) is 6.10 Å². The molecule has 0 spiro atoms. The lowest BCUT2D eigenvalue weighted by Crippen LogP contribution is -2.30. The van der Waals surface area contributed by atoms with Crippen LogP contribution >= 0.6 is 0 Å². The van der Waals surface area contributed by atoms with Crippen molar-refractivity contribution < 1.29 is 14.3 Å². The maximum Gasteiger partial charge on any atom is 0.407 e. The molecule has 1 amide bonds. The average Bonchev–Trinajstić information content (AvgIpc) is 2.51. The molecule has 0 heterocycles. The summed E-state index contributed by atoms with van der Waals surface area (Å²) in [6.45, 7) is 5.75. The van der Waals surface area contributed by atoms with Crippen molar-refractivity contribution >= 4 is 6.09 Å². The van der Waals surface area contributed by atoms with Crippen LogP contribution in [0.2, 0.25) is 0 Å². The third kappa shape index (κ3) is 12.4. The molecule has 1 unspecified atom stereocenters. The Balaban J connectivity index is 1.89. The third-order valence-electron chi connectivity index (χ3n) is 4.28. The summed E-state index contributed by atoms with van der Waals surface area (Å²) in [7, 11) is 0. The molecular weight excluding hydrogens is 302 g/mol. The number of amides is 1. The molecule has 0 saturated carbocycles. The van der Waals surface area contributed by atoms with E-state index in [9.17, 15) is 4.79 Å². The van der Waals surface area contributed by atoms with Crippen molar-refractivity contribution in [2.24, 2.45) is 0 Å². The minimum Gasteiger partial charge on any atom is -0.446 e. The van der Waals surface area contributed by atoms with E-state index >= 15 is 0 Å². The zero-order valence-corrected chi connectivity index (χ0v) is 15.7. The topological polar surface area (TPSA) is 47.6 Å². The van der Waals surface area contributed by atoms with Crippen molar-refractivity contribution in [2.75, 3.05) is 13.2 Å². The molecule has 0 aromatic carbocycles. The number of carbonyl (C=O) groups is 1. The second-order valence-corrected chi connectivity index (χ2v) is 6.97. The van der Waals surface area contributed by atoms with Gasteiger partial charge in [0.2, 0.25) is 0 Å². The summed E-state index contributed by atoms with van der Waals surface area (Å²) in [4.78, 5) is 11.8. The molecule has 1 aliphatic carbocycles. The number of ether oxygens (including phenoxy) is 2. The highest BCUT2D eigenvalue weighted by atomic mass is 16.6. The minimum atomic E-state index is -0.240. The summed E-state index contributed by atoms with van der Waals surface area (Å²) in [5, 5.41) is 2.89. The van der Waals surface area contributed by atoms with Crippen molar-refractivity contribution in [3.8, 4) is 0 Å². The first-order valence-corrected chi connectivity index (χ1v) is 9.89. The molecule has 1 aliphatic rings. The lowest BCUT2D eigenvalue weighted by Gasteiger charge is -2.18. The number of allylic oxidation sites excluding steroid dienone is 2. The summed E-state index contributed by atoms with van der Waals surface area (Å²) in [6.07, 6.45) is 16.8. The fourth-order valence-electron chi connectivity index (χ4n) is 2.88. The molecule has 1 rings (SSSR count). The first kappa shape index (κ1) is 21.0. The summed E-state index contributed by atoms with van der Waals surface area (Å²) in [5.74, 6) is 0. The zero-order chi connectivity index (χ0) is 17.5. The highest BCUT2D eigenvalue weighted by Gasteiger charge is 2.14. The Kier molecular flexibility index (Phi) is 12.5. The summed E-state index contributed by atoms with van der Waals surface area (Å²) in [6, 6.07) is 0. The van der Waals surface area contributed by atoms with Gasteiger partial charge >= 0.3 is 6.09 Å². The molecule has 4 heteroatoms. The molecule has 1 N–H and O–H groups in total. The van der Waals surface area contributed by atoms with E-state index in [1.807, 2.05) is 0 Å². The van der Waals surface area contributed by atoms with Crippen molar-refractivity contribution in [3.63, 3.8) is 0 Å². The number of rotatable bonds is 11. The highest BCUT2D eigenvalue weighted by Crippen LogP contribution is 2.15. The van der Waals surface area contributed by atoms with Gasteiger partial charge in [-0.2, -0.15) is 0 Å². The normalized spacial score (nSPS) is 19.5. The maximum absolute atomic E-state index is 11.8. The molecular formula is C20H37NO3. The Labute approximate surface area is 148 Å². The molecule has 0 bridgehead atoms. The van der Waals surface area contributed by atoms with Crippen molar-refractivity contribution in [1.82, 2.24) is 5.32 Å².